The molecule has 0 aromatic heterocycles. The number of aryl methyl sites for hydroxylation is 1. The minimum atomic E-state index is -4.82. The Hall–Kier alpha value is -1.50. The van der Waals surface area contributed by atoms with Gasteiger partial charge in [0.25, 0.3) is 0 Å². The highest BCUT2D eigenvalue weighted by Crippen LogP contribution is 2.56. The number of methoxy groups -OCH3 is 1. The Kier molecular flexibility index (Phi) is 3.82. The van der Waals surface area contributed by atoms with Crippen LogP contribution in [0.4, 0.5) is 22.0 Å². The van der Waals surface area contributed by atoms with Crippen molar-refractivity contribution in [3.63, 3.8) is 0 Å². The van der Waals surface area contributed by atoms with Crippen molar-refractivity contribution in [1.29, 1.82) is 0 Å². The van der Waals surface area contributed by atoms with Gasteiger partial charge in [0.15, 0.2) is 0 Å². The largest absolute Gasteiger partial charge is 0.497 e. The molecule has 2 nitrogen and oxygen atoms in total. The number of hydrogen-bond donors (Lipinski definition) is 0. The van der Waals surface area contributed by atoms with Gasteiger partial charge in [-0.15, -0.1) is 0 Å². The molecule has 0 radical (unpaired) electrons. The second-order valence-electron chi connectivity index (χ2n) is 4.49. The third-order valence-electron chi connectivity index (χ3n) is 3.14. The fourth-order valence-corrected chi connectivity index (χ4v) is 2.15. The van der Waals surface area contributed by atoms with Crippen molar-refractivity contribution < 1.29 is 31.4 Å². The molecule has 0 atom stereocenters. The van der Waals surface area contributed by atoms with E-state index >= 15 is 0 Å². The summed E-state index contributed by atoms with van der Waals surface area (Å²) in [6.45, 7) is 1.05. The molecule has 0 N–H and O–H groups in total. The van der Waals surface area contributed by atoms with Gasteiger partial charge < -0.3 is 9.47 Å². The minimum absolute atomic E-state index is 0.141. The van der Waals surface area contributed by atoms with Crippen LogP contribution in [-0.2, 0) is 11.3 Å². The Labute approximate surface area is 122 Å². The molecular weight excluding hydrogens is 319 g/mol. The van der Waals surface area contributed by atoms with Crippen molar-refractivity contribution in [2.45, 2.75) is 25.4 Å². The first kappa shape index (κ1) is 15.9. The van der Waals surface area contributed by atoms with E-state index in [-0.39, 0.29) is 10.6 Å². The van der Waals surface area contributed by atoms with E-state index in [1.165, 1.54) is 13.2 Å². The van der Waals surface area contributed by atoms with Crippen LogP contribution in [0, 0.1) is 6.92 Å². The molecule has 0 aliphatic heterocycles. The first-order chi connectivity index (χ1) is 9.62. The third-order valence-corrected chi connectivity index (χ3v) is 3.48. The molecule has 0 fully saturated rings. The van der Waals surface area contributed by atoms with Crippen LogP contribution in [0.5, 0.6) is 5.75 Å². The van der Waals surface area contributed by atoms with Crippen LogP contribution in [-0.4, -0.2) is 19.0 Å². The van der Waals surface area contributed by atoms with Gasteiger partial charge in [-0.2, -0.15) is 17.6 Å². The summed E-state index contributed by atoms with van der Waals surface area (Å²) in [5.74, 6) is -12.9. The maximum Gasteiger partial charge on any atom is 0.375 e. The molecule has 1 aliphatic rings. The first-order valence-electron chi connectivity index (χ1n) is 5.75. The highest BCUT2D eigenvalue weighted by molar-refractivity contribution is 6.31. The lowest BCUT2D eigenvalue weighted by Gasteiger charge is -2.35. The molecule has 1 aliphatic carbocycles. The van der Waals surface area contributed by atoms with E-state index in [0.717, 1.165) is 0 Å². The summed E-state index contributed by atoms with van der Waals surface area (Å²) in [5.41, 5.74) is 0.818. The number of benzene rings is 1. The standard InChI is InChI=1S/C13H10ClF5O2/c1-6-3-7(20-2)4-9(14)8(6)5-21-11-10(15)12(16,17)13(11,18)19/h3-4H,5H2,1-2H3. The molecule has 0 bridgehead atoms. The molecule has 1 aromatic carbocycles. The van der Waals surface area contributed by atoms with Gasteiger partial charge >= 0.3 is 11.8 Å². The number of alkyl halides is 4. The highest BCUT2D eigenvalue weighted by Gasteiger charge is 2.74. The zero-order valence-corrected chi connectivity index (χ0v) is 11.7. The summed E-state index contributed by atoms with van der Waals surface area (Å²) in [6, 6.07) is 2.97. The van der Waals surface area contributed by atoms with E-state index in [4.69, 9.17) is 16.3 Å². The van der Waals surface area contributed by atoms with E-state index in [1.807, 2.05) is 0 Å². The van der Waals surface area contributed by atoms with Crippen LogP contribution in [0.25, 0.3) is 0 Å². The van der Waals surface area contributed by atoms with Gasteiger partial charge in [0.05, 0.1) is 12.1 Å². The molecule has 116 valence electrons. The summed E-state index contributed by atoms with van der Waals surface area (Å²) in [7, 11) is 1.42. The minimum Gasteiger partial charge on any atom is -0.497 e. The van der Waals surface area contributed by atoms with E-state index in [9.17, 15) is 22.0 Å². The maximum absolute atomic E-state index is 13.0. The summed E-state index contributed by atoms with van der Waals surface area (Å²) in [5, 5.41) is 0.141. The molecule has 0 unspecified atom stereocenters. The molecular formula is C13H10ClF5O2. The number of rotatable bonds is 4. The second kappa shape index (κ2) is 5.05. The number of allylic oxidation sites excluding steroid dienone is 2. The van der Waals surface area contributed by atoms with Gasteiger partial charge in [0.2, 0.25) is 11.6 Å². The van der Waals surface area contributed by atoms with Crippen molar-refractivity contribution in [3.8, 4) is 5.75 Å². The third kappa shape index (κ3) is 2.33. The fourth-order valence-electron chi connectivity index (χ4n) is 1.84. The number of ether oxygens (including phenoxy) is 2. The Balaban J connectivity index is 2.21. The Morgan fingerprint density at radius 1 is 1.14 bits per heavy atom. The van der Waals surface area contributed by atoms with Crippen LogP contribution in [0.1, 0.15) is 11.1 Å². The quantitative estimate of drug-likeness (QED) is 0.750. The monoisotopic (exact) mass is 328 g/mol. The summed E-state index contributed by atoms with van der Waals surface area (Å²) < 4.78 is 73.7. The fraction of sp³-hybridized carbons (Fsp3) is 0.385. The smallest absolute Gasteiger partial charge is 0.375 e. The molecule has 0 spiro atoms. The predicted molar refractivity (Wildman–Crippen MR) is 65.6 cm³/mol. The van der Waals surface area contributed by atoms with Gasteiger partial charge in [-0.1, -0.05) is 11.6 Å². The van der Waals surface area contributed by atoms with Crippen LogP contribution >= 0.6 is 11.6 Å². The summed E-state index contributed by atoms with van der Waals surface area (Å²) >= 11 is 5.92. The maximum atomic E-state index is 13.0. The lowest BCUT2D eigenvalue weighted by molar-refractivity contribution is -0.233. The Bertz CT molecular complexity index is 590. The van der Waals surface area contributed by atoms with Crippen molar-refractivity contribution in [2.24, 2.45) is 0 Å². The summed E-state index contributed by atoms with van der Waals surface area (Å²) in [6.07, 6.45) is 0. The highest BCUT2D eigenvalue weighted by atomic mass is 35.5. The topological polar surface area (TPSA) is 18.5 Å². The zero-order chi connectivity index (χ0) is 16.0. The molecule has 0 saturated carbocycles. The van der Waals surface area contributed by atoms with Gasteiger partial charge in [-0.05, 0) is 24.6 Å². The van der Waals surface area contributed by atoms with Crippen LogP contribution in [0.3, 0.4) is 0 Å². The normalized spacial score (nSPS) is 19.2. The van der Waals surface area contributed by atoms with E-state index in [1.54, 1.807) is 13.0 Å². The predicted octanol–water partition coefficient (Wildman–Crippen LogP) is 4.64. The average Bonchev–Trinajstić information content (AvgIpc) is 2.40. The Morgan fingerprint density at radius 2 is 1.76 bits per heavy atom. The SMILES string of the molecule is COc1cc(C)c(COC2=C(F)C(F)(F)C2(F)F)c(Cl)c1. The van der Waals surface area contributed by atoms with Crippen molar-refractivity contribution in [3.05, 3.63) is 39.9 Å². The first-order valence-corrected chi connectivity index (χ1v) is 6.13. The van der Waals surface area contributed by atoms with E-state index in [0.29, 0.717) is 11.3 Å². The van der Waals surface area contributed by atoms with E-state index < -0.39 is 30.0 Å². The molecule has 2 rings (SSSR count). The van der Waals surface area contributed by atoms with Crippen LogP contribution in [0.2, 0.25) is 5.02 Å². The van der Waals surface area contributed by atoms with Gasteiger partial charge in [0, 0.05) is 5.56 Å². The lowest BCUT2D eigenvalue weighted by Crippen LogP contribution is -2.53. The van der Waals surface area contributed by atoms with Crippen LogP contribution in [0.15, 0.2) is 23.7 Å². The summed E-state index contributed by atoms with van der Waals surface area (Å²) in [4.78, 5) is 0. The van der Waals surface area contributed by atoms with Crippen molar-refractivity contribution >= 4 is 11.6 Å². The molecule has 1 aromatic rings. The Morgan fingerprint density at radius 3 is 2.24 bits per heavy atom. The number of hydrogen-bond acceptors (Lipinski definition) is 2. The number of halogens is 6. The zero-order valence-electron chi connectivity index (χ0n) is 10.9. The molecule has 0 heterocycles. The molecule has 0 saturated heterocycles. The lowest BCUT2D eigenvalue weighted by atomic mass is 9.96. The average molecular weight is 329 g/mol. The van der Waals surface area contributed by atoms with Crippen molar-refractivity contribution in [2.75, 3.05) is 7.11 Å². The molecule has 21 heavy (non-hydrogen) atoms. The van der Waals surface area contributed by atoms with Crippen molar-refractivity contribution in [1.82, 2.24) is 0 Å². The van der Waals surface area contributed by atoms with Crippen LogP contribution < -0.4 is 4.74 Å². The van der Waals surface area contributed by atoms with E-state index in [2.05, 4.69) is 4.74 Å². The van der Waals surface area contributed by atoms with Gasteiger partial charge in [-0.3, -0.25) is 0 Å². The second-order valence-corrected chi connectivity index (χ2v) is 4.89. The van der Waals surface area contributed by atoms with Gasteiger partial charge in [-0.25, -0.2) is 4.39 Å². The molecule has 0 amide bonds. The molecule has 8 heteroatoms. The van der Waals surface area contributed by atoms with Gasteiger partial charge in [0.1, 0.15) is 12.4 Å².